The summed E-state index contributed by atoms with van der Waals surface area (Å²) in [5.74, 6) is 0.389. The molecule has 2 heterocycles. The molecule has 8 heteroatoms. The summed E-state index contributed by atoms with van der Waals surface area (Å²) in [6, 6.07) is 1.61. The largest absolute Gasteiger partial charge is 0.361 e. The highest BCUT2D eigenvalue weighted by Crippen LogP contribution is 2.17. The molecule has 0 aliphatic carbocycles. The van der Waals surface area contributed by atoms with Crippen molar-refractivity contribution in [2.45, 2.75) is 12.7 Å². The van der Waals surface area contributed by atoms with E-state index in [2.05, 4.69) is 10.3 Å². The Kier molecular flexibility index (Phi) is 3.12. The zero-order valence-corrected chi connectivity index (χ0v) is 11.2. The van der Waals surface area contributed by atoms with Crippen LogP contribution in [0.3, 0.4) is 0 Å². The number of sulfonamides is 1. The molecule has 2 rings (SSSR count). The Bertz CT molecular complexity index is 644. The zero-order chi connectivity index (χ0) is 13.3. The van der Waals surface area contributed by atoms with Gasteiger partial charge in [0.15, 0.2) is 0 Å². The summed E-state index contributed by atoms with van der Waals surface area (Å²) in [5, 5.41) is 7.62. The third-order valence-corrected chi connectivity index (χ3v) is 4.19. The average Bonchev–Trinajstić information content (AvgIpc) is 2.86. The van der Waals surface area contributed by atoms with Gasteiger partial charge in [-0.3, -0.25) is 8.99 Å². The van der Waals surface area contributed by atoms with Gasteiger partial charge >= 0.3 is 0 Å². The topological polar surface area (TPSA) is 81.2 Å². The number of anilines is 1. The predicted molar refractivity (Wildman–Crippen MR) is 65.5 cm³/mol. The summed E-state index contributed by atoms with van der Waals surface area (Å²) in [4.78, 5) is 0. The summed E-state index contributed by atoms with van der Waals surface area (Å²) in [6.45, 7) is 1.72. The normalized spacial score (nSPS) is 11.7. The summed E-state index contributed by atoms with van der Waals surface area (Å²) in [7, 11) is -0.270. The molecule has 98 valence electrons. The van der Waals surface area contributed by atoms with Gasteiger partial charge in [0.1, 0.15) is 17.2 Å². The lowest BCUT2D eigenvalue weighted by molar-refractivity contribution is 0.392. The molecule has 0 saturated heterocycles. The van der Waals surface area contributed by atoms with Crippen molar-refractivity contribution >= 4 is 15.7 Å². The van der Waals surface area contributed by atoms with E-state index in [1.807, 2.05) is 0 Å². The molecule has 0 unspecified atom stereocenters. The predicted octanol–water partition coefficient (Wildman–Crippen LogP) is 0.683. The quantitative estimate of drug-likeness (QED) is 0.816. The fraction of sp³-hybridized carbons (Fsp3) is 0.400. The highest BCUT2D eigenvalue weighted by Gasteiger charge is 2.21. The fourth-order valence-electron chi connectivity index (χ4n) is 1.50. The molecule has 7 nitrogen and oxygen atoms in total. The molecule has 0 aliphatic rings. The second kappa shape index (κ2) is 4.45. The molecule has 0 aromatic carbocycles. The minimum atomic E-state index is -3.48. The molecule has 0 bridgehead atoms. The fourth-order valence-corrected chi connectivity index (χ4v) is 2.62. The molecule has 0 aliphatic heterocycles. The van der Waals surface area contributed by atoms with E-state index < -0.39 is 10.0 Å². The summed E-state index contributed by atoms with van der Waals surface area (Å²) in [5.41, 5.74) is 0.904. The second-order valence-corrected chi connectivity index (χ2v) is 6.03. The third-order valence-electron chi connectivity index (χ3n) is 2.48. The third kappa shape index (κ3) is 2.53. The Morgan fingerprint density at radius 2 is 2.22 bits per heavy atom. The molecule has 0 atom stereocenters. The monoisotopic (exact) mass is 270 g/mol. The number of aromatic nitrogens is 3. The Morgan fingerprint density at radius 1 is 1.50 bits per heavy atom. The van der Waals surface area contributed by atoms with Crippen LogP contribution in [0.1, 0.15) is 11.5 Å². The maximum Gasteiger partial charge on any atom is 0.240 e. The molecule has 2 aromatic heterocycles. The first kappa shape index (κ1) is 12.6. The van der Waals surface area contributed by atoms with Crippen molar-refractivity contribution in [3.8, 4) is 0 Å². The van der Waals surface area contributed by atoms with Gasteiger partial charge in [-0.2, -0.15) is 5.10 Å². The Hall–Kier alpha value is -1.83. The number of hydrogen-bond donors (Lipinski definition) is 0. The van der Waals surface area contributed by atoms with E-state index in [9.17, 15) is 8.42 Å². The van der Waals surface area contributed by atoms with Gasteiger partial charge in [0.05, 0.1) is 11.9 Å². The van der Waals surface area contributed by atoms with Crippen LogP contribution < -0.4 is 4.31 Å². The Balaban J connectivity index is 2.20. The smallest absolute Gasteiger partial charge is 0.240 e. The van der Waals surface area contributed by atoms with Crippen LogP contribution >= 0.6 is 0 Å². The minimum absolute atomic E-state index is 0.199. The molecular formula is C10H14N4O3S. The van der Waals surface area contributed by atoms with E-state index in [1.165, 1.54) is 17.5 Å². The molecule has 18 heavy (non-hydrogen) atoms. The van der Waals surface area contributed by atoms with Crippen molar-refractivity contribution in [1.29, 1.82) is 0 Å². The van der Waals surface area contributed by atoms with Crippen molar-refractivity contribution in [2.24, 2.45) is 7.05 Å². The molecule has 0 saturated carbocycles. The highest BCUT2D eigenvalue weighted by atomic mass is 32.2. The highest BCUT2D eigenvalue weighted by molar-refractivity contribution is 7.92. The molecule has 0 radical (unpaired) electrons. The molecule has 0 spiro atoms. The SMILES string of the molecule is Cc1cc(CS(=O)(=O)N(C)c2cnn(C)c2)no1. The number of hydrogen-bond acceptors (Lipinski definition) is 5. The first-order chi connectivity index (χ1) is 8.38. The van der Waals surface area contributed by atoms with Crippen LogP contribution in [-0.2, 0) is 22.8 Å². The Morgan fingerprint density at radius 3 is 2.72 bits per heavy atom. The maximum absolute atomic E-state index is 12.1. The van der Waals surface area contributed by atoms with Gasteiger partial charge in [-0.25, -0.2) is 8.42 Å². The van der Waals surface area contributed by atoms with Crippen LogP contribution in [0.4, 0.5) is 5.69 Å². The molecule has 0 amide bonds. The number of nitrogens with zero attached hydrogens (tertiary/aromatic N) is 4. The lowest BCUT2D eigenvalue weighted by atomic mass is 10.4. The van der Waals surface area contributed by atoms with E-state index in [1.54, 1.807) is 30.9 Å². The maximum atomic E-state index is 12.1. The summed E-state index contributed by atoms with van der Waals surface area (Å²) >= 11 is 0. The van der Waals surface area contributed by atoms with Crippen LogP contribution in [0, 0.1) is 6.92 Å². The summed E-state index contributed by atoms with van der Waals surface area (Å²) in [6.07, 6.45) is 3.12. The van der Waals surface area contributed by atoms with Crippen molar-refractivity contribution in [1.82, 2.24) is 14.9 Å². The standard InChI is InChI=1S/C10H14N4O3S/c1-8-4-9(12-17-8)7-18(15,16)14(3)10-5-11-13(2)6-10/h4-6H,7H2,1-3H3. The first-order valence-corrected chi connectivity index (χ1v) is 6.87. The molecular weight excluding hydrogens is 256 g/mol. The Labute approximate surface area is 105 Å². The minimum Gasteiger partial charge on any atom is -0.361 e. The van der Waals surface area contributed by atoms with Gasteiger partial charge < -0.3 is 4.52 Å². The van der Waals surface area contributed by atoms with Crippen molar-refractivity contribution in [3.05, 3.63) is 29.9 Å². The van der Waals surface area contributed by atoms with Crippen LogP contribution in [0.5, 0.6) is 0 Å². The zero-order valence-electron chi connectivity index (χ0n) is 10.4. The lowest BCUT2D eigenvalue weighted by Gasteiger charge is -2.16. The number of aryl methyl sites for hydroxylation is 2. The van der Waals surface area contributed by atoms with Crippen molar-refractivity contribution < 1.29 is 12.9 Å². The van der Waals surface area contributed by atoms with Crippen LogP contribution in [0.25, 0.3) is 0 Å². The second-order valence-electron chi connectivity index (χ2n) is 4.02. The average molecular weight is 270 g/mol. The van der Waals surface area contributed by atoms with Gasteiger partial charge in [-0.1, -0.05) is 5.16 Å². The van der Waals surface area contributed by atoms with E-state index in [-0.39, 0.29) is 5.75 Å². The van der Waals surface area contributed by atoms with Crippen LogP contribution in [-0.4, -0.2) is 30.4 Å². The number of rotatable bonds is 4. The van der Waals surface area contributed by atoms with Gasteiger partial charge in [-0.15, -0.1) is 0 Å². The van der Waals surface area contributed by atoms with Crippen molar-refractivity contribution in [2.75, 3.05) is 11.4 Å². The first-order valence-electron chi connectivity index (χ1n) is 5.26. The molecule has 0 N–H and O–H groups in total. The molecule has 2 aromatic rings. The summed E-state index contributed by atoms with van der Waals surface area (Å²) < 4.78 is 31.8. The van der Waals surface area contributed by atoms with Gasteiger partial charge in [0, 0.05) is 26.4 Å². The molecule has 0 fully saturated rings. The lowest BCUT2D eigenvalue weighted by Crippen LogP contribution is -2.27. The van der Waals surface area contributed by atoms with E-state index in [4.69, 9.17) is 4.52 Å². The van der Waals surface area contributed by atoms with E-state index >= 15 is 0 Å². The van der Waals surface area contributed by atoms with Gasteiger partial charge in [0.25, 0.3) is 0 Å². The van der Waals surface area contributed by atoms with Gasteiger partial charge in [0.2, 0.25) is 10.0 Å². The van der Waals surface area contributed by atoms with Gasteiger partial charge in [-0.05, 0) is 6.92 Å². The van der Waals surface area contributed by atoms with E-state index in [0.29, 0.717) is 17.1 Å². The van der Waals surface area contributed by atoms with E-state index in [0.717, 1.165) is 0 Å². The van der Waals surface area contributed by atoms with Crippen LogP contribution in [0.2, 0.25) is 0 Å². The van der Waals surface area contributed by atoms with Crippen LogP contribution in [0.15, 0.2) is 23.0 Å². The van der Waals surface area contributed by atoms with Crippen molar-refractivity contribution in [3.63, 3.8) is 0 Å².